The monoisotopic (exact) mass is 405 g/mol. The van der Waals surface area contributed by atoms with Crippen LogP contribution in [0.4, 0.5) is 0 Å². The highest BCUT2D eigenvalue weighted by Gasteiger charge is 2.33. The van der Waals surface area contributed by atoms with Crippen molar-refractivity contribution in [1.29, 1.82) is 0 Å². The van der Waals surface area contributed by atoms with Crippen molar-refractivity contribution in [3.8, 4) is 0 Å². The zero-order valence-electron chi connectivity index (χ0n) is 14.0. The third-order valence-electron chi connectivity index (χ3n) is 4.04. The Labute approximate surface area is 158 Å². The second-order valence-corrected chi connectivity index (χ2v) is 9.01. The fourth-order valence-corrected chi connectivity index (χ4v) is 4.86. The quantitative estimate of drug-likeness (QED) is 0.516. The van der Waals surface area contributed by atoms with Crippen molar-refractivity contribution >= 4 is 45.0 Å². The van der Waals surface area contributed by atoms with Crippen LogP contribution in [-0.4, -0.2) is 57.0 Å². The zero-order chi connectivity index (χ0) is 18.4. The fourth-order valence-electron chi connectivity index (χ4n) is 2.77. The van der Waals surface area contributed by atoms with E-state index in [1.54, 1.807) is 36.3 Å². The van der Waals surface area contributed by atoms with Gasteiger partial charge in [0.05, 0.1) is 11.5 Å². The Morgan fingerprint density at radius 1 is 1.40 bits per heavy atom. The normalized spacial score (nSPS) is 19.4. The van der Waals surface area contributed by atoms with Gasteiger partial charge < -0.3 is 9.64 Å². The van der Waals surface area contributed by atoms with E-state index in [-0.39, 0.29) is 23.5 Å². The van der Waals surface area contributed by atoms with Crippen LogP contribution < -0.4 is 0 Å². The smallest absolute Gasteiger partial charge is 0.246 e. The van der Waals surface area contributed by atoms with Gasteiger partial charge in [-0.05, 0) is 42.7 Å². The first-order chi connectivity index (χ1) is 11.8. The average Bonchev–Trinajstić information content (AvgIpc) is 2.92. The number of nitrogens with zero attached hydrogens (tertiary/aromatic N) is 1. The third-order valence-corrected chi connectivity index (χ3v) is 6.37. The number of ether oxygens (including phenoxy) is 1. The largest absolute Gasteiger partial charge is 0.385 e. The maximum atomic E-state index is 12.6. The van der Waals surface area contributed by atoms with E-state index < -0.39 is 9.84 Å². The van der Waals surface area contributed by atoms with Crippen molar-refractivity contribution in [2.45, 2.75) is 18.9 Å². The number of amides is 1. The Balaban J connectivity index is 2.14. The summed E-state index contributed by atoms with van der Waals surface area (Å²) in [7, 11) is -1.48. The molecule has 138 valence electrons. The van der Waals surface area contributed by atoms with Gasteiger partial charge in [0.1, 0.15) is 0 Å². The lowest BCUT2D eigenvalue weighted by Crippen LogP contribution is -2.41. The number of rotatable bonds is 7. The molecule has 0 radical (unpaired) electrons. The highest BCUT2D eigenvalue weighted by molar-refractivity contribution is 7.91. The summed E-state index contributed by atoms with van der Waals surface area (Å²) in [5.74, 6) is -0.109. The minimum Gasteiger partial charge on any atom is -0.385 e. The van der Waals surface area contributed by atoms with Gasteiger partial charge >= 0.3 is 0 Å². The van der Waals surface area contributed by atoms with Crippen LogP contribution in [0.25, 0.3) is 6.08 Å². The first-order valence-electron chi connectivity index (χ1n) is 7.95. The Bertz CT molecular complexity index is 749. The Morgan fingerprint density at radius 2 is 2.16 bits per heavy atom. The van der Waals surface area contributed by atoms with Crippen molar-refractivity contribution in [1.82, 2.24) is 4.90 Å². The molecule has 1 unspecified atom stereocenters. The molecule has 1 amide bonds. The van der Waals surface area contributed by atoms with Gasteiger partial charge in [-0.15, -0.1) is 0 Å². The van der Waals surface area contributed by atoms with Crippen molar-refractivity contribution < 1.29 is 17.9 Å². The van der Waals surface area contributed by atoms with Crippen molar-refractivity contribution in [3.05, 3.63) is 39.9 Å². The second kappa shape index (κ2) is 9.03. The number of sulfone groups is 1. The van der Waals surface area contributed by atoms with Crippen LogP contribution in [0, 0.1) is 0 Å². The molecule has 0 saturated carbocycles. The first kappa shape index (κ1) is 20.2. The van der Waals surface area contributed by atoms with Crippen LogP contribution in [0.15, 0.2) is 24.3 Å². The summed E-state index contributed by atoms with van der Waals surface area (Å²) in [5.41, 5.74) is 0.637. The topological polar surface area (TPSA) is 63.7 Å². The van der Waals surface area contributed by atoms with Crippen LogP contribution >= 0.6 is 23.2 Å². The van der Waals surface area contributed by atoms with Gasteiger partial charge in [0.25, 0.3) is 0 Å². The van der Waals surface area contributed by atoms with Gasteiger partial charge in [0.15, 0.2) is 9.84 Å². The average molecular weight is 406 g/mol. The number of methoxy groups -OCH3 is 1. The van der Waals surface area contributed by atoms with E-state index in [4.69, 9.17) is 27.9 Å². The lowest BCUT2D eigenvalue weighted by atomic mass is 10.1. The van der Waals surface area contributed by atoms with Crippen LogP contribution in [0.2, 0.25) is 10.0 Å². The molecule has 1 fully saturated rings. The predicted molar refractivity (Wildman–Crippen MR) is 101 cm³/mol. The highest BCUT2D eigenvalue weighted by atomic mass is 35.5. The van der Waals surface area contributed by atoms with E-state index in [0.717, 1.165) is 0 Å². The molecule has 1 atom stereocenters. The molecule has 25 heavy (non-hydrogen) atoms. The molecule has 0 aliphatic carbocycles. The van der Waals surface area contributed by atoms with E-state index in [1.807, 2.05) is 0 Å². The van der Waals surface area contributed by atoms with Crippen molar-refractivity contribution in [2.75, 3.05) is 31.8 Å². The maximum absolute atomic E-state index is 12.6. The number of hydrogen-bond acceptors (Lipinski definition) is 4. The molecule has 2 rings (SSSR count). The fraction of sp³-hybridized carbons (Fsp3) is 0.471. The summed E-state index contributed by atoms with van der Waals surface area (Å²) in [6.07, 6.45) is 4.12. The molecule has 0 spiro atoms. The van der Waals surface area contributed by atoms with E-state index in [1.165, 1.54) is 6.08 Å². The number of halogens is 2. The zero-order valence-corrected chi connectivity index (χ0v) is 16.3. The molecule has 5 nitrogen and oxygen atoms in total. The maximum Gasteiger partial charge on any atom is 0.246 e. The molecule has 0 N–H and O–H groups in total. The molecule has 1 saturated heterocycles. The SMILES string of the molecule is COCCCN(C(=O)/C=C/c1cc(Cl)ccc1Cl)C1CCS(=O)(=O)C1. The summed E-state index contributed by atoms with van der Waals surface area (Å²) in [6.45, 7) is 0.952. The summed E-state index contributed by atoms with van der Waals surface area (Å²) in [5, 5.41) is 1.01. The summed E-state index contributed by atoms with van der Waals surface area (Å²) in [4.78, 5) is 14.2. The van der Waals surface area contributed by atoms with Gasteiger partial charge in [-0.1, -0.05) is 23.2 Å². The lowest BCUT2D eigenvalue weighted by molar-refractivity contribution is -0.127. The van der Waals surface area contributed by atoms with Crippen molar-refractivity contribution in [2.24, 2.45) is 0 Å². The molecular weight excluding hydrogens is 385 g/mol. The van der Waals surface area contributed by atoms with Gasteiger partial charge in [0, 0.05) is 42.4 Å². The number of carbonyl (C=O) groups is 1. The molecule has 1 aromatic rings. The number of carbonyl (C=O) groups excluding carboxylic acids is 1. The second-order valence-electron chi connectivity index (χ2n) is 5.93. The Morgan fingerprint density at radius 3 is 2.80 bits per heavy atom. The number of benzene rings is 1. The van der Waals surface area contributed by atoms with Gasteiger partial charge in [-0.3, -0.25) is 4.79 Å². The third kappa shape index (κ3) is 5.99. The van der Waals surface area contributed by atoms with Crippen LogP contribution in [-0.2, 0) is 19.4 Å². The molecule has 0 aromatic heterocycles. The standard InChI is InChI=1S/C17H21Cl2NO4S/c1-24-9-2-8-20(15-7-10-25(22,23)12-15)17(21)6-3-13-11-14(18)4-5-16(13)19/h3-6,11,15H,2,7-10,12H2,1H3/b6-3+. The van der Waals surface area contributed by atoms with Crippen LogP contribution in [0.5, 0.6) is 0 Å². The molecule has 0 bridgehead atoms. The minimum atomic E-state index is -3.07. The predicted octanol–water partition coefficient (Wildman–Crippen LogP) is 3.06. The molecule has 1 aromatic carbocycles. The minimum absolute atomic E-state index is 0.0114. The summed E-state index contributed by atoms with van der Waals surface area (Å²) < 4.78 is 28.5. The van der Waals surface area contributed by atoms with E-state index in [0.29, 0.717) is 41.6 Å². The summed E-state index contributed by atoms with van der Waals surface area (Å²) in [6, 6.07) is 4.70. The lowest BCUT2D eigenvalue weighted by Gasteiger charge is -2.27. The molecule has 1 heterocycles. The Hall–Kier alpha value is -1.08. The van der Waals surface area contributed by atoms with Gasteiger partial charge in [-0.25, -0.2) is 8.42 Å². The van der Waals surface area contributed by atoms with E-state index in [2.05, 4.69) is 0 Å². The van der Waals surface area contributed by atoms with E-state index in [9.17, 15) is 13.2 Å². The highest BCUT2D eigenvalue weighted by Crippen LogP contribution is 2.23. The van der Waals surface area contributed by atoms with E-state index >= 15 is 0 Å². The van der Waals surface area contributed by atoms with Gasteiger partial charge in [-0.2, -0.15) is 0 Å². The number of hydrogen-bond donors (Lipinski definition) is 0. The van der Waals surface area contributed by atoms with Gasteiger partial charge in [0.2, 0.25) is 5.91 Å². The Kier molecular flexibility index (Phi) is 7.31. The van der Waals surface area contributed by atoms with Crippen LogP contribution in [0.3, 0.4) is 0 Å². The van der Waals surface area contributed by atoms with Crippen molar-refractivity contribution in [3.63, 3.8) is 0 Å². The molecular formula is C17H21Cl2NO4S. The molecule has 8 heteroatoms. The molecule has 1 aliphatic rings. The van der Waals surface area contributed by atoms with Crippen LogP contribution in [0.1, 0.15) is 18.4 Å². The summed E-state index contributed by atoms with van der Waals surface area (Å²) >= 11 is 12.0. The first-order valence-corrected chi connectivity index (χ1v) is 10.5. The molecule has 1 aliphatic heterocycles.